The molecule has 0 saturated carbocycles. The Hall–Kier alpha value is -1.29. The highest BCUT2D eigenvalue weighted by atomic mass is 16.3. The first-order chi connectivity index (χ1) is 8.63. The molecule has 1 amide bonds. The lowest BCUT2D eigenvalue weighted by atomic mass is 10.0. The topological polar surface area (TPSA) is 45.5 Å². The lowest BCUT2D eigenvalue weighted by Gasteiger charge is -2.36. The van der Waals surface area contributed by atoms with Gasteiger partial charge in [-0.15, -0.1) is 0 Å². The van der Waals surface area contributed by atoms with Crippen LogP contribution in [0.3, 0.4) is 0 Å². The Balaban J connectivity index is 2.09. The summed E-state index contributed by atoms with van der Waals surface area (Å²) < 4.78 is 5.63. The molecule has 2 atom stereocenters. The van der Waals surface area contributed by atoms with Gasteiger partial charge in [0.2, 0.25) is 5.91 Å². The second-order valence-electron chi connectivity index (χ2n) is 4.91. The summed E-state index contributed by atoms with van der Waals surface area (Å²) in [6.07, 6.45) is 1.99. The van der Waals surface area contributed by atoms with E-state index in [4.69, 9.17) is 4.42 Å². The molecule has 0 spiro atoms. The molecule has 2 rings (SSSR count). The maximum atomic E-state index is 12.4. The molecular weight excluding hydrogens is 228 g/mol. The Morgan fingerprint density at radius 3 is 2.94 bits per heavy atom. The number of likely N-dealkylation sites (tertiary alicyclic amines) is 1. The first-order valence-corrected chi connectivity index (χ1v) is 6.73. The van der Waals surface area contributed by atoms with Crippen LogP contribution in [0.25, 0.3) is 0 Å². The second kappa shape index (κ2) is 5.57. The first-order valence-electron chi connectivity index (χ1n) is 6.73. The Labute approximate surface area is 108 Å². The second-order valence-corrected chi connectivity index (χ2v) is 4.91. The SMILES string of the molecule is CCNC1CCCN(C(C)c2ccc(C)o2)C1=O. The van der Waals surface area contributed by atoms with Crippen molar-refractivity contribution in [1.29, 1.82) is 0 Å². The van der Waals surface area contributed by atoms with Crippen LogP contribution >= 0.6 is 0 Å². The van der Waals surface area contributed by atoms with Crippen LogP contribution in [0.5, 0.6) is 0 Å². The normalized spacial score (nSPS) is 22.3. The third-order valence-electron chi connectivity index (χ3n) is 3.56. The minimum atomic E-state index is -0.0257. The molecule has 18 heavy (non-hydrogen) atoms. The Bertz CT molecular complexity index is 412. The average molecular weight is 250 g/mol. The van der Waals surface area contributed by atoms with Crippen molar-refractivity contribution in [2.24, 2.45) is 0 Å². The van der Waals surface area contributed by atoms with Crippen LogP contribution in [0.4, 0.5) is 0 Å². The molecule has 1 fully saturated rings. The van der Waals surface area contributed by atoms with Gasteiger partial charge in [-0.25, -0.2) is 0 Å². The van der Waals surface area contributed by atoms with E-state index in [1.54, 1.807) is 0 Å². The molecule has 4 nitrogen and oxygen atoms in total. The quantitative estimate of drug-likeness (QED) is 0.891. The van der Waals surface area contributed by atoms with Crippen molar-refractivity contribution >= 4 is 5.91 Å². The third kappa shape index (κ3) is 2.58. The zero-order valence-electron chi connectivity index (χ0n) is 11.4. The Morgan fingerprint density at radius 2 is 2.33 bits per heavy atom. The molecule has 1 N–H and O–H groups in total. The number of amides is 1. The predicted molar refractivity (Wildman–Crippen MR) is 70.3 cm³/mol. The number of likely N-dealkylation sites (N-methyl/N-ethyl adjacent to an activating group) is 1. The third-order valence-corrected chi connectivity index (χ3v) is 3.56. The molecule has 100 valence electrons. The molecule has 4 heteroatoms. The first kappa shape index (κ1) is 13.1. The van der Waals surface area contributed by atoms with E-state index in [1.165, 1.54) is 0 Å². The van der Waals surface area contributed by atoms with E-state index in [9.17, 15) is 4.79 Å². The predicted octanol–water partition coefficient (Wildman–Crippen LogP) is 2.25. The van der Waals surface area contributed by atoms with Gasteiger partial charge >= 0.3 is 0 Å². The maximum absolute atomic E-state index is 12.4. The zero-order chi connectivity index (χ0) is 13.1. The maximum Gasteiger partial charge on any atom is 0.240 e. The van der Waals surface area contributed by atoms with Crippen molar-refractivity contribution in [3.8, 4) is 0 Å². The lowest BCUT2D eigenvalue weighted by molar-refractivity contribution is -0.138. The molecule has 2 unspecified atom stereocenters. The molecule has 0 aliphatic carbocycles. The number of hydrogen-bond acceptors (Lipinski definition) is 3. The Morgan fingerprint density at radius 1 is 1.56 bits per heavy atom. The van der Waals surface area contributed by atoms with Gasteiger partial charge in [0.1, 0.15) is 11.5 Å². The van der Waals surface area contributed by atoms with Gasteiger partial charge in [-0.2, -0.15) is 0 Å². The lowest BCUT2D eigenvalue weighted by Crippen LogP contribution is -2.51. The summed E-state index contributed by atoms with van der Waals surface area (Å²) in [5, 5.41) is 3.25. The van der Waals surface area contributed by atoms with Crippen LogP contribution in [0, 0.1) is 6.92 Å². The largest absolute Gasteiger partial charge is 0.464 e. The number of nitrogens with one attached hydrogen (secondary N) is 1. The number of nitrogens with zero attached hydrogens (tertiary/aromatic N) is 1. The number of hydrogen-bond donors (Lipinski definition) is 1. The van der Waals surface area contributed by atoms with Gasteiger partial charge in [-0.1, -0.05) is 6.92 Å². The molecule has 1 aromatic heterocycles. The summed E-state index contributed by atoms with van der Waals surface area (Å²) in [4.78, 5) is 14.3. The minimum Gasteiger partial charge on any atom is -0.464 e. The van der Waals surface area contributed by atoms with E-state index < -0.39 is 0 Å². The van der Waals surface area contributed by atoms with E-state index in [0.717, 1.165) is 37.5 Å². The van der Waals surface area contributed by atoms with Gasteiger partial charge in [0.15, 0.2) is 0 Å². The molecule has 2 heterocycles. The number of piperidine rings is 1. The summed E-state index contributed by atoms with van der Waals surface area (Å²) in [7, 11) is 0. The van der Waals surface area contributed by atoms with Crippen LogP contribution in [0.2, 0.25) is 0 Å². The van der Waals surface area contributed by atoms with E-state index in [1.807, 2.05) is 37.8 Å². The average Bonchev–Trinajstić information content (AvgIpc) is 2.78. The number of furan rings is 1. The smallest absolute Gasteiger partial charge is 0.240 e. The van der Waals surface area contributed by atoms with Crippen molar-refractivity contribution in [3.63, 3.8) is 0 Å². The zero-order valence-corrected chi connectivity index (χ0v) is 11.4. The van der Waals surface area contributed by atoms with E-state index >= 15 is 0 Å². The fraction of sp³-hybridized carbons (Fsp3) is 0.643. The fourth-order valence-corrected chi connectivity index (χ4v) is 2.55. The van der Waals surface area contributed by atoms with Gasteiger partial charge < -0.3 is 14.6 Å². The van der Waals surface area contributed by atoms with E-state index in [-0.39, 0.29) is 18.0 Å². The highest BCUT2D eigenvalue weighted by molar-refractivity contribution is 5.83. The summed E-state index contributed by atoms with van der Waals surface area (Å²) in [5.41, 5.74) is 0. The summed E-state index contributed by atoms with van der Waals surface area (Å²) >= 11 is 0. The monoisotopic (exact) mass is 250 g/mol. The van der Waals surface area contributed by atoms with E-state index in [0.29, 0.717) is 0 Å². The van der Waals surface area contributed by atoms with Crippen molar-refractivity contribution in [1.82, 2.24) is 10.2 Å². The number of rotatable bonds is 4. The van der Waals surface area contributed by atoms with Gasteiger partial charge in [0.25, 0.3) is 0 Å². The highest BCUT2D eigenvalue weighted by Gasteiger charge is 2.32. The number of carbonyl (C=O) groups excluding carboxylic acids is 1. The molecule has 0 bridgehead atoms. The van der Waals surface area contributed by atoms with Crippen LogP contribution in [0.1, 0.15) is 44.3 Å². The van der Waals surface area contributed by atoms with Crippen molar-refractivity contribution in [2.75, 3.05) is 13.1 Å². The molecule has 1 aliphatic heterocycles. The fourth-order valence-electron chi connectivity index (χ4n) is 2.55. The number of carbonyl (C=O) groups is 1. The van der Waals surface area contributed by atoms with Gasteiger partial charge in [-0.05, 0) is 45.4 Å². The highest BCUT2D eigenvalue weighted by Crippen LogP contribution is 2.26. The van der Waals surface area contributed by atoms with E-state index in [2.05, 4.69) is 5.32 Å². The molecule has 1 aliphatic rings. The molecular formula is C14H22N2O2. The summed E-state index contributed by atoms with van der Waals surface area (Å²) in [6, 6.07) is 3.90. The number of aryl methyl sites for hydroxylation is 1. The summed E-state index contributed by atoms with van der Waals surface area (Å²) in [5.74, 6) is 1.96. The van der Waals surface area contributed by atoms with Crippen molar-refractivity contribution in [2.45, 2.75) is 45.7 Å². The van der Waals surface area contributed by atoms with Crippen LogP contribution in [-0.2, 0) is 4.79 Å². The minimum absolute atomic E-state index is 0.0210. The molecule has 0 radical (unpaired) electrons. The van der Waals surface area contributed by atoms with Crippen LogP contribution in [0.15, 0.2) is 16.5 Å². The van der Waals surface area contributed by atoms with Gasteiger partial charge in [0.05, 0.1) is 12.1 Å². The molecule has 1 aromatic rings. The Kier molecular flexibility index (Phi) is 4.07. The van der Waals surface area contributed by atoms with Gasteiger partial charge in [0, 0.05) is 6.54 Å². The van der Waals surface area contributed by atoms with Gasteiger partial charge in [-0.3, -0.25) is 4.79 Å². The van der Waals surface area contributed by atoms with Crippen molar-refractivity contribution < 1.29 is 9.21 Å². The molecule has 0 aromatic carbocycles. The van der Waals surface area contributed by atoms with Crippen LogP contribution in [-0.4, -0.2) is 29.9 Å². The van der Waals surface area contributed by atoms with Crippen molar-refractivity contribution in [3.05, 3.63) is 23.7 Å². The summed E-state index contributed by atoms with van der Waals surface area (Å²) in [6.45, 7) is 7.64. The van der Waals surface area contributed by atoms with Crippen LogP contribution < -0.4 is 5.32 Å². The molecule has 1 saturated heterocycles. The standard InChI is InChI=1S/C14H22N2O2/c1-4-15-12-6-5-9-16(14(12)17)11(3)13-8-7-10(2)18-13/h7-8,11-12,15H,4-6,9H2,1-3H3.